The van der Waals surface area contributed by atoms with E-state index in [1.807, 2.05) is 42.2 Å². The molecule has 0 saturated heterocycles. The van der Waals surface area contributed by atoms with Gasteiger partial charge in [0.15, 0.2) is 0 Å². The van der Waals surface area contributed by atoms with Crippen LogP contribution in [0.2, 0.25) is 0 Å². The molecule has 0 saturated carbocycles. The molecule has 3 aromatic rings. The van der Waals surface area contributed by atoms with Crippen LogP contribution in [0.1, 0.15) is 21.5 Å². The summed E-state index contributed by atoms with van der Waals surface area (Å²) in [5, 5.41) is 0. The Morgan fingerprint density at radius 1 is 1.22 bits per heavy atom. The van der Waals surface area contributed by atoms with Gasteiger partial charge in [0.2, 0.25) is 0 Å². The summed E-state index contributed by atoms with van der Waals surface area (Å²) in [4.78, 5) is 22.3. The standard InChI is InChI=1S/C18H16N4O/c1-21-11-15-8-14(3-4-16(15)18(21)23)17-5-2-13(9-20-17)10-22-7-6-19-12-22/h2-9,12H,10-11H2,1H3. The summed E-state index contributed by atoms with van der Waals surface area (Å²) in [6.07, 6.45) is 7.38. The third-order valence-electron chi connectivity index (χ3n) is 4.13. The maximum absolute atomic E-state index is 11.9. The van der Waals surface area contributed by atoms with Gasteiger partial charge < -0.3 is 9.47 Å². The second kappa shape index (κ2) is 5.35. The van der Waals surface area contributed by atoms with Gasteiger partial charge in [-0.2, -0.15) is 0 Å². The normalized spacial score (nSPS) is 13.4. The Balaban J connectivity index is 1.59. The zero-order valence-corrected chi connectivity index (χ0v) is 12.8. The molecule has 1 aliphatic heterocycles. The summed E-state index contributed by atoms with van der Waals surface area (Å²) < 4.78 is 2.01. The molecule has 1 aromatic carbocycles. The highest BCUT2D eigenvalue weighted by Gasteiger charge is 2.24. The molecule has 5 nitrogen and oxygen atoms in total. The van der Waals surface area contributed by atoms with E-state index >= 15 is 0 Å². The number of amides is 1. The number of carbonyl (C=O) groups is 1. The average Bonchev–Trinajstić information content (AvgIpc) is 3.17. The van der Waals surface area contributed by atoms with E-state index in [9.17, 15) is 4.79 Å². The van der Waals surface area contributed by atoms with E-state index in [0.29, 0.717) is 6.54 Å². The average molecular weight is 304 g/mol. The molecule has 0 spiro atoms. The number of rotatable bonds is 3. The second-order valence-electron chi connectivity index (χ2n) is 5.82. The first kappa shape index (κ1) is 13.7. The first-order valence-electron chi connectivity index (χ1n) is 7.50. The van der Waals surface area contributed by atoms with Gasteiger partial charge in [-0.1, -0.05) is 12.1 Å². The molecule has 5 heteroatoms. The number of hydrogen-bond acceptors (Lipinski definition) is 3. The first-order chi connectivity index (χ1) is 11.2. The summed E-state index contributed by atoms with van der Waals surface area (Å²) in [6, 6.07) is 10.0. The molecule has 0 atom stereocenters. The van der Waals surface area contributed by atoms with Crippen molar-refractivity contribution in [1.29, 1.82) is 0 Å². The van der Waals surface area contributed by atoms with Crippen molar-refractivity contribution >= 4 is 5.91 Å². The molecule has 1 amide bonds. The van der Waals surface area contributed by atoms with Crippen molar-refractivity contribution in [3.63, 3.8) is 0 Å². The fourth-order valence-electron chi connectivity index (χ4n) is 2.91. The minimum Gasteiger partial charge on any atom is -0.337 e. The van der Waals surface area contributed by atoms with Crippen LogP contribution in [0.3, 0.4) is 0 Å². The van der Waals surface area contributed by atoms with Gasteiger partial charge in [0.1, 0.15) is 0 Å². The largest absolute Gasteiger partial charge is 0.337 e. The highest BCUT2D eigenvalue weighted by molar-refractivity contribution is 5.98. The number of hydrogen-bond donors (Lipinski definition) is 0. The van der Waals surface area contributed by atoms with Gasteiger partial charge >= 0.3 is 0 Å². The topological polar surface area (TPSA) is 51.0 Å². The summed E-state index contributed by atoms with van der Waals surface area (Å²) in [7, 11) is 1.82. The van der Waals surface area contributed by atoms with E-state index in [4.69, 9.17) is 0 Å². The van der Waals surface area contributed by atoms with Gasteiger partial charge in [0.25, 0.3) is 5.91 Å². The third kappa shape index (κ3) is 2.50. The van der Waals surface area contributed by atoms with E-state index in [0.717, 1.165) is 34.5 Å². The summed E-state index contributed by atoms with van der Waals surface area (Å²) in [6.45, 7) is 1.43. The van der Waals surface area contributed by atoms with Crippen LogP contribution in [-0.4, -0.2) is 32.4 Å². The third-order valence-corrected chi connectivity index (χ3v) is 4.13. The molecule has 114 valence electrons. The van der Waals surface area contributed by atoms with Gasteiger partial charge in [-0.25, -0.2) is 4.98 Å². The number of fused-ring (bicyclic) bond motifs is 1. The predicted molar refractivity (Wildman–Crippen MR) is 86.8 cm³/mol. The second-order valence-corrected chi connectivity index (χ2v) is 5.82. The quantitative estimate of drug-likeness (QED) is 0.747. The summed E-state index contributed by atoms with van der Waals surface area (Å²) in [5.41, 5.74) is 4.96. The fraction of sp³-hybridized carbons (Fsp3) is 0.167. The Kier molecular flexibility index (Phi) is 3.19. The van der Waals surface area contributed by atoms with Crippen LogP contribution in [0.15, 0.2) is 55.2 Å². The monoisotopic (exact) mass is 304 g/mol. The smallest absolute Gasteiger partial charge is 0.254 e. The van der Waals surface area contributed by atoms with Crippen LogP contribution in [0, 0.1) is 0 Å². The highest BCUT2D eigenvalue weighted by Crippen LogP contribution is 2.27. The van der Waals surface area contributed by atoms with Crippen LogP contribution in [0.4, 0.5) is 0 Å². The SMILES string of the molecule is CN1Cc2cc(-c3ccc(Cn4ccnc4)cn3)ccc2C1=O. The Bertz CT molecular complexity index is 853. The molecule has 1 aliphatic rings. The zero-order chi connectivity index (χ0) is 15.8. The Labute approximate surface area is 134 Å². The maximum atomic E-state index is 11.9. The lowest BCUT2D eigenvalue weighted by Gasteiger charge is -2.06. The van der Waals surface area contributed by atoms with Crippen molar-refractivity contribution in [2.75, 3.05) is 7.05 Å². The van der Waals surface area contributed by atoms with Gasteiger partial charge in [-0.05, 0) is 29.3 Å². The summed E-state index contributed by atoms with van der Waals surface area (Å²) in [5.74, 6) is 0.0928. The number of benzene rings is 1. The molecule has 0 aliphatic carbocycles. The Morgan fingerprint density at radius 3 is 2.87 bits per heavy atom. The van der Waals surface area contributed by atoms with Crippen LogP contribution >= 0.6 is 0 Å². The minimum absolute atomic E-state index is 0.0928. The van der Waals surface area contributed by atoms with Crippen LogP contribution in [0.5, 0.6) is 0 Å². The van der Waals surface area contributed by atoms with Crippen molar-refractivity contribution in [3.8, 4) is 11.3 Å². The minimum atomic E-state index is 0.0928. The number of aromatic nitrogens is 3. The number of nitrogens with zero attached hydrogens (tertiary/aromatic N) is 4. The lowest BCUT2D eigenvalue weighted by molar-refractivity contribution is 0.0816. The van der Waals surface area contributed by atoms with Crippen LogP contribution in [0.25, 0.3) is 11.3 Å². The van der Waals surface area contributed by atoms with Crippen molar-refractivity contribution in [2.24, 2.45) is 0 Å². The summed E-state index contributed by atoms with van der Waals surface area (Å²) >= 11 is 0. The van der Waals surface area contributed by atoms with Crippen molar-refractivity contribution in [1.82, 2.24) is 19.4 Å². The lowest BCUT2D eigenvalue weighted by Crippen LogP contribution is -2.17. The van der Waals surface area contributed by atoms with Crippen molar-refractivity contribution in [2.45, 2.75) is 13.1 Å². The highest BCUT2D eigenvalue weighted by atomic mass is 16.2. The molecular weight excluding hydrogens is 288 g/mol. The van der Waals surface area contributed by atoms with Crippen molar-refractivity contribution < 1.29 is 4.79 Å². The molecule has 0 bridgehead atoms. The number of pyridine rings is 1. The fourth-order valence-corrected chi connectivity index (χ4v) is 2.91. The lowest BCUT2D eigenvalue weighted by atomic mass is 10.0. The molecule has 2 aromatic heterocycles. The maximum Gasteiger partial charge on any atom is 0.254 e. The van der Waals surface area contributed by atoms with Crippen LogP contribution < -0.4 is 0 Å². The van der Waals surface area contributed by atoms with Crippen LogP contribution in [-0.2, 0) is 13.1 Å². The van der Waals surface area contributed by atoms with E-state index in [2.05, 4.69) is 22.1 Å². The Morgan fingerprint density at radius 2 is 2.13 bits per heavy atom. The number of imidazole rings is 1. The number of carbonyl (C=O) groups excluding carboxylic acids is 1. The molecule has 4 rings (SSSR count). The zero-order valence-electron chi connectivity index (χ0n) is 12.8. The van der Waals surface area contributed by atoms with Gasteiger partial charge in [-0.15, -0.1) is 0 Å². The molecule has 0 fully saturated rings. The predicted octanol–water partition coefficient (Wildman–Crippen LogP) is 2.58. The van der Waals surface area contributed by atoms with E-state index < -0.39 is 0 Å². The van der Waals surface area contributed by atoms with E-state index in [1.54, 1.807) is 17.4 Å². The van der Waals surface area contributed by atoms with E-state index in [-0.39, 0.29) is 5.91 Å². The Hall–Kier alpha value is -2.95. The van der Waals surface area contributed by atoms with Gasteiger partial charge in [-0.3, -0.25) is 9.78 Å². The molecule has 0 unspecified atom stereocenters. The van der Waals surface area contributed by atoms with Gasteiger partial charge in [0, 0.05) is 49.9 Å². The first-order valence-corrected chi connectivity index (χ1v) is 7.50. The van der Waals surface area contributed by atoms with E-state index in [1.165, 1.54) is 0 Å². The van der Waals surface area contributed by atoms with Crippen molar-refractivity contribution in [3.05, 3.63) is 71.9 Å². The molecule has 0 radical (unpaired) electrons. The molecular formula is C18H16N4O. The molecule has 23 heavy (non-hydrogen) atoms. The molecule has 0 N–H and O–H groups in total. The van der Waals surface area contributed by atoms with Gasteiger partial charge in [0.05, 0.1) is 12.0 Å². The molecule has 3 heterocycles.